The van der Waals surface area contributed by atoms with E-state index in [1.54, 1.807) is 0 Å². The van der Waals surface area contributed by atoms with Crippen molar-refractivity contribution in [1.29, 1.82) is 0 Å². The number of hydrogen-bond donors (Lipinski definition) is 2. The van der Waals surface area contributed by atoms with Crippen LogP contribution in [0.15, 0.2) is 42.5 Å². The molecule has 8 nitrogen and oxygen atoms in total. The molecule has 3 aliphatic rings. The summed E-state index contributed by atoms with van der Waals surface area (Å²) in [7, 11) is 0. The van der Waals surface area contributed by atoms with E-state index in [0.29, 0.717) is 13.1 Å². The lowest BCUT2D eigenvalue weighted by Gasteiger charge is -2.38. The molecule has 34 heavy (non-hydrogen) atoms. The highest BCUT2D eigenvalue weighted by Crippen LogP contribution is 2.39. The van der Waals surface area contributed by atoms with Crippen molar-refractivity contribution in [3.63, 3.8) is 0 Å². The van der Waals surface area contributed by atoms with Crippen molar-refractivity contribution in [3.05, 3.63) is 70.5 Å². The van der Waals surface area contributed by atoms with E-state index >= 15 is 4.39 Å². The van der Waals surface area contributed by atoms with Crippen molar-refractivity contribution in [2.45, 2.75) is 43.9 Å². The van der Waals surface area contributed by atoms with Crippen molar-refractivity contribution >= 4 is 23.6 Å². The van der Waals surface area contributed by atoms with Crippen LogP contribution < -0.4 is 5.32 Å². The van der Waals surface area contributed by atoms with Gasteiger partial charge in [-0.25, -0.2) is 4.39 Å². The van der Waals surface area contributed by atoms with Crippen molar-refractivity contribution < 1.29 is 28.7 Å². The minimum Gasteiger partial charge on any atom is -0.385 e. The molecule has 0 saturated carbocycles. The van der Waals surface area contributed by atoms with Crippen molar-refractivity contribution in [2.75, 3.05) is 13.1 Å². The summed E-state index contributed by atoms with van der Waals surface area (Å²) in [5.74, 6) is -3.85. The molecule has 9 heteroatoms. The van der Waals surface area contributed by atoms with E-state index in [2.05, 4.69) is 10.2 Å². The Labute approximate surface area is 195 Å². The largest absolute Gasteiger partial charge is 0.385 e. The lowest BCUT2D eigenvalue weighted by molar-refractivity contribution is -0.136. The Morgan fingerprint density at radius 3 is 2.38 bits per heavy atom. The summed E-state index contributed by atoms with van der Waals surface area (Å²) in [6, 6.07) is 11.5. The van der Waals surface area contributed by atoms with Gasteiger partial charge in [0.05, 0.1) is 16.7 Å². The second kappa shape index (κ2) is 8.41. The average molecular weight is 465 g/mol. The van der Waals surface area contributed by atoms with Gasteiger partial charge in [0.1, 0.15) is 11.9 Å². The highest BCUT2D eigenvalue weighted by Gasteiger charge is 2.48. The van der Waals surface area contributed by atoms with Crippen LogP contribution in [0.5, 0.6) is 0 Å². The lowest BCUT2D eigenvalue weighted by Crippen LogP contribution is -2.54. The summed E-state index contributed by atoms with van der Waals surface area (Å²) in [4.78, 5) is 52.5. The number of piperidine rings is 2. The zero-order chi connectivity index (χ0) is 24.0. The predicted octanol–water partition coefficient (Wildman–Crippen LogP) is 1.71. The van der Waals surface area contributed by atoms with Crippen LogP contribution in [-0.2, 0) is 21.7 Å². The fourth-order valence-electron chi connectivity index (χ4n) is 5.07. The van der Waals surface area contributed by atoms with Gasteiger partial charge in [-0.3, -0.25) is 34.3 Å². The maximum atomic E-state index is 15.6. The van der Waals surface area contributed by atoms with Gasteiger partial charge in [-0.15, -0.1) is 0 Å². The van der Waals surface area contributed by atoms with Gasteiger partial charge in [-0.05, 0) is 30.9 Å². The SMILES string of the molecule is O=C1CCC(N2C(=O)c3ccc(C4(O)CCN(Cc5ccccc5)CC4)c(F)c3C2=O)C(=O)N1. The smallest absolute Gasteiger partial charge is 0.265 e. The molecule has 1 unspecified atom stereocenters. The topological polar surface area (TPSA) is 107 Å². The molecule has 3 heterocycles. The number of amides is 4. The van der Waals surface area contributed by atoms with Crippen molar-refractivity contribution in [2.24, 2.45) is 0 Å². The van der Waals surface area contributed by atoms with E-state index in [1.807, 2.05) is 30.3 Å². The van der Waals surface area contributed by atoms with E-state index < -0.39 is 46.7 Å². The molecule has 2 fully saturated rings. The van der Waals surface area contributed by atoms with Crippen LogP contribution in [0.3, 0.4) is 0 Å². The molecule has 0 bridgehead atoms. The number of carbonyl (C=O) groups excluding carboxylic acids is 4. The second-order valence-electron chi connectivity index (χ2n) is 9.09. The number of benzene rings is 2. The maximum absolute atomic E-state index is 15.6. The minimum absolute atomic E-state index is 0.00814. The number of imide groups is 2. The van der Waals surface area contributed by atoms with Gasteiger partial charge in [0.2, 0.25) is 11.8 Å². The molecule has 1 atom stereocenters. The first-order valence-corrected chi connectivity index (χ1v) is 11.3. The number of carbonyl (C=O) groups is 4. The number of nitrogens with one attached hydrogen (secondary N) is 1. The number of rotatable bonds is 4. The van der Waals surface area contributed by atoms with E-state index in [9.17, 15) is 24.3 Å². The molecule has 0 spiro atoms. The summed E-state index contributed by atoms with van der Waals surface area (Å²) in [5, 5.41) is 13.4. The molecule has 2 aromatic rings. The molecule has 0 radical (unpaired) electrons. The molecule has 0 aliphatic carbocycles. The molecule has 176 valence electrons. The van der Waals surface area contributed by atoms with Gasteiger partial charge in [-0.1, -0.05) is 36.4 Å². The molecule has 2 saturated heterocycles. The first-order chi connectivity index (χ1) is 16.3. The van der Waals surface area contributed by atoms with E-state index in [4.69, 9.17) is 0 Å². The van der Waals surface area contributed by atoms with Crippen molar-refractivity contribution in [3.8, 4) is 0 Å². The summed E-state index contributed by atoms with van der Waals surface area (Å²) in [5.41, 5.74) is -0.905. The third-order valence-corrected chi connectivity index (χ3v) is 6.98. The van der Waals surface area contributed by atoms with Gasteiger partial charge in [0.25, 0.3) is 11.8 Å². The summed E-state index contributed by atoms with van der Waals surface area (Å²) < 4.78 is 15.6. The first kappa shape index (κ1) is 22.4. The van der Waals surface area contributed by atoms with Gasteiger partial charge in [0.15, 0.2) is 0 Å². The van der Waals surface area contributed by atoms with E-state index in [0.717, 1.165) is 17.0 Å². The van der Waals surface area contributed by atoms with Gasteiger partial charge in [-0.2, -0.15) is 0 Å². The molecular weight excluding hydrogens is 441 g/mol. The Morgan fingerprint density at radius 2 is 1.71 bits per heavy atom. The molecule has 5 rings (SSSR count). The van der Waals surface area contributed by atoms with Crippen LogP contribution in [0.25, 0.3) is 0 Å². The van der Waals surface area contributed by atoms with Crippen LogP contribution in [0.1, 0.15) is 57.5 Å². The molecule has 2 N–H and O–H groups in total. The average Bonchev–Trinajstić information content (AvgIpc) is 3.07. The Bertz CT molecular complexity index is 1190. The quantitative estimate of drug-likeness (QED) is 0.666. The zero-order valence-electron chi connectivity index (χ0n) is 18.4. The molecule has 0 aromatic heterocycles. The molecule has 2 aromatic carbocycles. The number of fused-ring (bicyclic) bond motifs is 1. The molecular formula is C25H24FN3O5. The summed E-state index contributed by atoms with van der Waals surface area (Å²) in [6.45, 7) is 1.80. The van der Waals surface area contributed by atoms with E-state index in [1.165, 1.54) is 12.1 Å². The van der Waals surface area contributed by atoms with Crippen LogP contribution in [0.4, 0.5) is 4.39 Å². The molecule has 4 amide bonds. The van der Waals surface area contributed by atoms with Crippen LogP contribution >= 0.6 is 0 Å². The number of aliphatic hydroxyl groups is 1. The number of likely N-dealkylation sites (tertiary alicyclic amines) is 1. The minimum atomic E-state index is -1.47. The Morgan fingerprint density at radius 1 is 1.00 bits per heavy atom. The highest BCUT2D eigenvalue weighted by molar-refractivity contribution is 6.23. The van der Waals surface area contributed by atoms with Crippen LogP contribution in [-0.4, -0.2) is 57.7 Å². The normalized spacial score (nSPS) is 22.6. The lowest BCUT2D eigenvalue weighted by atomic mass is 9.82. The monoisotopic (exact) mass is 465 g/mol. The van der Waals surface area contributed by atoms with Gasteiger partial charge >= 0.3 is 0 Å². The zero-order valence-corrected chi connectivity index (χ0v) is 18.4. The standard InChI is InChI=1S/C25H24FN3O5/c26-21-17(25(34)10-12-28(13-11-25)14-15-4-2-1-3-5-15)7-6-16-20(21)24(33)29(23(16)32)18-8-9-19(30)27-22(18)31/h1-7,18,34H,8-14H2,(H,27,30,31). The second-order valence-corrected chi connectivity index (χ2v) is 9.09. The van der Waals surface area contributed by atoms with E-state index in [-0.39, 0.29) is 36.8 Å². The van der Waals surface area contributed by atoms with Crippen LogP contribution in [0, 0.1) is 5.82 Å². The predicted molar refractivity (Wildman–Crippen MR) is 118 cm³/mol. The fourth-order valence-corrected chi connectivity index (χ4v) is 5.07. The van der Waals surface area contributed by atoms with Crippen LogP contribution in [0.2, 0.25) is 0 Å². The fraction of sp³-hybridized carbons (Fsp3) is 0.360. The van der Waals surface area contributed by atoms with Gasteiger partial charge in [0, 0.05) is 31.6 Å². The molecule has 3 aliphatic heterocycles. The number of hydrogen-bond acceptors (Lipinski definition) is 6. The third kappa shape index (κ3) is 3.70. The number of halogens is 1. The highest BCUT2D eigenvalue weighted by atomic mass is 19.1. The van der Waals surface area contributed by atoms with Gasteiger partial charge < -0.3 is 5.11 Å². The summed E-state index contributed by atoms with van der Waals surface area (Å²) >= 11 is 0. The number of nitrogens with zero attached hydrogens (tertiary/aromatic N) is 2. The Hall–Kier alpha value is -3.43. The Kier molecular flexibility index (Phi) is 5.53. The first-order valence-electron chi connectivity index (χ1n) is 11.3. The Balaban J connectivity index is 1.37. The maximum Gasteiger partial charge on any atom is 0.265 e. The third-order valence-electron chi connectivity index (χ3n) is 6.98. The summed E-state index contributed by atoms with van der Waals surface area (Å²) in [6.07, 6.45) is 0.519. The van der Waals surface area contributed by atoms with Crippen molar-refractivity contribution in [1.82, 2.24) is 15.1 Å².